The number of nitrogens with one attached hydrogen (secondary N) is 1. The average Bonchev–Trinajstić information content (AvgIpc) is 2.29. The lowest BCUT2D eigenvalue weighted by molar-refractivity contribution is 0.233. The van der Waals surface area contributed by atoms with Crippen molar-refractivity contribution in [1.29, 1.82) is 0 Å². The van der Waals surface area contributed by atoms with Crippen molar-refractivity contribution in [2.24, 2.45) is 0 Å². The Kier molecular flexibility index (Phi) is 6.04. The van der Waals surface area contributed by atoms with Crippen molar-refractivity contribution in [2.75, 3.05) is 26.2 Å². The highest BCUT2D eigenvalue weighted by atomic mass is 35.5. The van der Waals surface area contributed by atoms with Gasteiger partial charge in [0.25, 0.3) is 0 Å². The fourth-order valence-corrected chi connectivity index (χ4v) is 2.04. The van der Waals surface area contributed by atoms with Gasteiger partial charge < -0.3 is 15.4 Å². The largest absolute Gasteiger partial charge is 0.488 e. The maximum Gasteiger partial charge on any atom is 0.488 e. The predicted molar refractivity (Wildman–Crippen MR) is 71.6 cm³/mol. The Morgan fingerprint density at radius 3 is 2.50 bits per heavy atom. The van der Waals surface area contributed by atoms with Gasteiger partial charge >= 0.3 is 7.12 Å². The number of rotatable bonds is 3. The number of nitrogens with zero attached hydrogens (tertiary/aromatic N) is 1. The molecule has 0 bridgehead atoms. The van der Waals surface area contributed by atoms with Crippen molar-refractivity contribution < 1.29 is 14.4 Å². The van der Waals surface area contributed by atoms with Crippen LogP contribution in [0.4, 0.5) is 4.39 Å². The molecule has 2 rings (SSSR count). The molecule has 1 fully saturated rings. The molecule has 100 valence electrons. The summed E-state index contributed by atoms with van der Waals surface area (Å²) in [5.41, 5.74) is 0.977. The van der Waals surface area contributed by atoms with Crippen LogP contribution in [0.25, 0.3) is 0 Å². The topological polar surface area (TPSA) is 55.7 Å². The molecular formula is C11H17BClFN2O2. The third-order valence-corrected chi connectivity index (χ3v) is 2.89. The number of benzene rings is 1. The number of hydrogen-bond acceptors (Lipinski definition) is 4. The second-order valence-corrected chi connectivity index (χ2v) is 4.29. The Labute approximate surface area is 112 Å². The molecule has 0 atom stereocenters. The number of piperazine rings is 1. The second-order valence-electron chi connectivity index (χ2n) is 4.29. The summed E-state index contributed by atoms with van der Waals surface area (Å²) in [7, 11) is -1.62. The van der Waals surface area contributed by atoms with Gasteiger partial charge in [0.15, 0.2) is 0 Å². The van der Waals surface area contributed by atoms with Gasteiger partial charge in [-0.1, -0.05) is 6.07 Å². The third-order valence-electron chi connectivity index (χ3n) is 2.89. The van der Waals surface area contributed by atoms with Gasteiger partial charge in [0.2, 0.25) is 0 Å². The minimum atomic E-state index is -1.62. The van der Waals surface area contributed by atoms with Gasteiger partial charge in [-0.25, -0.2) is 4.39 Å². The van der Waals surface area contributed by atoms with E-state index in [4.69, 9.17) is 10.0 Å². The van der Waals surface area contributed by atoms with Crippen LogP contribution in [-0.2, 0) is 6.54 Å². The van der Waals surface area contributed by atoms with Gasteiger partial charge in [-0.2, -0.15) is 0 Å². The van der Waals surface area contributed by atoms with Crippen LogP contribution in [0.3, 0.4) is 0 Å². The van der Waals surface area contributed by atoms with Gasteiger partial charge in [0.05, 0.1) is 0 Å². The van der Waals surface area contributed by atoms with Crippen molar-refractivity contribution in [3.8, 4) is 0 Å². The Morgan fingerprint density at radius 1 is 1.22 bits per heavy atom. The number of halogens is 2. The van der Waals surface area contributed by atoms with Crippen LogP contribution in [0.2, 0.25) is 0 Å². The van der Waals surface area contributed by atoms with E-state index in [2.05, 4.69) is 10.2 Å². The normalized spacial score (nSPS) is 16.2. The maximum absolute atomic E-state index is 13.3. The molecule has 1 aromatic carbocycles. The summed E-state index contributed by atoms with van der Waals surface area (Å²) in [5.74, 6) is -0.430. The molecule has 0 amide bonds. The summed E-state index contributed by atoms with van der Waals surface area (Å²) in [6.45, 7) is 4.36. The third kappa shape index (κ3) is 4.22. The lowest BCUT2D eigenvalue weighted by Crippen LogP contribution is -2.43. The zero-order chi connectivity index (χ0) is 12.3. The van der Waals surface area contributed by atoms with Crippen LogP contribution in [0.15, 0.2) is 18.2 Å². The van der Waals surface area contributed by atoms with E-state index in [1.165, 1.54) is 6.07 Å². The first kappa shape index (κ1) is 15.4. The summed E-state index contributed by atoms with van der Waals surface area (Å²) >= 11 is 0. The van der Waals surface area contributed by atoms with Crippen LogP contribution < -0.4 is 10.8 Å². The van der Waals surface area contributed by atoms with E-state index in [-0.39, 0.29) is 17.9 Å². The van der Waals surface area contributed by atoms with E-state index in [1.54, 1.807) is 6.07 Å². The van der Waals surface area contributed by atoms with E-state index in [9.17, 15) is 4.39 Å². The van der Waals surface area contributed by atoms with Crippen LogP contribution in [0.5, 0.6) is 0 Å². The molecular weight excluding hydrogens is 257 g/mol. The van der Waals surface area contributed by atoms with E-state index in [1.807, 2.05) is 0 Å². The van der Waals surface area contributed by atoms with Gasteiger partial charge in [-0.15, -0.1) is 12.4 Å². The molecule has 1 saturated heterocycles. The highest BCUT2D eigenvalue weighted by Gasteiger charge is 2.15. The molecule has 4 nitrogen and oxygen atoms in total. The molecule has 0 spiro atoms. The number of hydrogen-bond donors (Lipinski definition) is 3. The van der Waals surface area contributed by atoms with Crippen molar-refractivity contribution in [2.45, 2.75) is 6.54 Å². The molecule has 1 heterocycles. The monoisotopic (exact) mass is 274 g/mol. The van der Waals surface area contributed by atoms with E-state index in [0.29, 0.717) is 6.54 Å². The Bertz CT molecular complexity index is 389. The summed E-state index contributed by atoms with van der Waals surface area (Å²) in [4.78, 5) is 2.21. The molecule has 0 aromatic heterocycles. The SMILES string of the molecule is Cl.OB(O)c1cc(F)cc(CN2CCNCC2)c1. The lowest BCUT2D eigenvalue weighted by Gasteiger charge is -2.27. The fourth-order valence-electron chi connectivity index (χ4n) is 2.04. The van der Waals surface area contributed by atoms with Crippen LogP contribution in [0.1, 0.15) is 5.56 Å². The lowest BCUT2D eigenvalue weighted by atomic mass is 9.79. The van der Waals surface area contributed by atoms with E-state index < -0.39 is 12.9 Å². The fraction of sp³-hybridized carbons (Fsp3) is 0.455. The highest BCUT2D eigenvalue weighted by Crippen LogP contribution is 2.07. The van der Waals surface area contributed by atoms with Gasteiger partial charge in [-0.05, 0) is 23.2 Å². The molecule has 3 N–H and O–H groups in total. The van der Waals surface area contributed by atoms with Gasteiger partial charge in [0, 0.05) is 32.7 Å². The smallest absolute Gasteiger partial charge is 0.423 e. The Hall–Kier alpha value is -0.655. The summed E-state index contributed by atoms with van der Waals surface area (Å²) in [6, 6.07) is 4.22. The molecule has 1 aliphatic rings. The van der Waals surface area contributed by atoms with Crippen LogP contribution in [0, 0.1) is 5.82 Å². The Balaban J connectivity index is 0.00000162. The van der Waals surface area contributed by atoms with Crippen molar-refractivity contribution in [3.63, 3.8) is 0 Å². The molecule has 18 heavy (non-hydrogen) atoms. The average molecular weight is 275 g/mol. The predicted octanol–water partition coefficient (Wildman–Crippen LogP) is -0.667. The summed E-state index contributed by atoms with van der Waals surface area (Å²) < 4.78 is 13.3. The maximum atomic E-state index is 13.3. The molecule has 0 unspecified atom stereocenters. The molecule has 1 aromatic rings. The zero-order valence-corrected chi connectivity index (χ0v) is 10.8. The van der Waals surface area contributed by atoms with Gasteiger partial charge in [0.1, 0.15) is 5.82 Å². The van der Waals surface area contributed by atoms with Crippen LogP contribution >= 0.6 is 12.4 Å². The summed E-state index contributed by atoms with van der Waals surface area (Å²) in [5, 5.41) is 21.3. The van der Waals surface area contributed by atoms with Gasteiger partial charge in [-0.3, -0.25) is 4.90 Å². The zero-order valence-electron chi connectivity index (χ0n) is 9.97. The first-order valence-corrected chi connectivity index (χ1v) is 5.74. The molecule has 7 heteroatoms. The first-order valence-electron chi connectivity index (χ1n) is 5.74. The molecule has 1 aliphatic heterocycles. The Morgan fingerprint density at radius 2 is 1.89 bits per heavy atom. The quantitative estimate of drug-likeness (QED) is 0.640. The molecule has 0 radical (unpaired) electrons. The standard InChI is InChI=1S/C11H16BFN2O2.ClH/c13-11-6-9(5-10(7-11)12(16)17)8-15-3-1-14-2-4-15;/h5-7,14,16-17H,1-4,8H2;1H. The highest BCUT2D eigenvalue weighted by molar-refractivity contribution is 6.58. The van der Waals surface area contributed by atoms with E-state index >= 15 is 0 Å². The minimum absolute atomic E-state index is 0. The molecule has 0 aliphatic carbocycles. The van der Waals surface area contributed by atoms with E-state index in [0.717, 1.165) is 37.8 Å². The summed E-state index contributed by atoms with van der Waals surface area (Å²) in [6.07, 6.45) is 0. The first-order chi connectivity index (χ1) is 8.15. The second kappa shape index (κ2) is 7.06. The molecule has 0 saturated carbocycles. The van der Waals surface area contributed by atoms with Crippen LogP contribution in [-0.4, -0.2) is 48.2 Å². The minimum Gasteiger partial charge on any atom is -0.423 e. The van der Waals surface area contributed by atoms with Crippen molar-refractivity contribution in [3.05, 3.63) is 29.6 Å². The van der Waals surface area contributed by atoms with Crippen molar-refractivity contribution >= 4 is 25.0 Å². The van der Waals surface area contributed by atoms with Crippen molar-refractivity contribution in [1.82, 2.24) is 10.2 Å².